The number of imidazole rings is 1. The first kappa shape index (κ1) is 37.2. The van der Waals surface area contributed by atoms with Crippen LogP contribution < -0.4 is 4.57 Å². The van der Waals surface area contributed by atoms with Gasteiger partial charge >= 0.3 is 0 Å². The Hall–Kier alpha value is -0.790. The third-order valence-electron chi connectivity index (χ3n) is 9.10. The predicted molar refractivity (Wildman–Crippen MR) is 179 cm³/mol. The quantitative estimate of drug-likeness (QED) is 0.0613. The average molecular weight is 560 g/mol. The molecule has 0 N–H and O–H groups in total. The van der Waals surface area contributed by atoms with E-state index < -0.39 is 0 Å². The van der Waals surface area contributed by atoms with Crippen LogP contribution in [-0.2, 0) is 19.5 Å². The van der Waals surface area contributed by atoms with Crippen LogP contribution in [0.25, 0.3) is 0 Å². The van der Waals surface area contributed by atoms with Crippen molar-refractivity contribution < 1.29 is 4.57 Å². The molecule has 1 rings (SSSR count). The van der Waals surface area contributed by atoms with Crippen molar-refractivity contribution in [3.8, 4) is 0 Å². The summed E-state index contributed by atoms with van der Waals surface area (Å²) in [5.74, 6) is 1.61. The number of aryl methyl sites for hydroxylation is 2. The van der Waals surface area contributed by atoms with E-state index in [0.717, 1.165) is 0 Å². The number of aromatic nitrogens is 2. The Morgan fingerprint density at radius 2 is 0.775 bits per heavy atom. The zero-order chi connectivity index (χ0) is 28.8. The van der Waals surface area contributed by atoms with Crippen molar-refractivity contribution in [2.75, 3.05) is 0 Å². The second-order valence-corrected chi connectivity index (χ2v) is 13.0. The second-order valence-electron chi connectivity index (χ2n) is 13.0. The van der Waals surface area contributed by atoms with E-state index in [1.165, 1.54) is 206 Å². The van der Waals surface area contributed by atoms with Crippen LogP contribution >= 0.6 is 0 Å². The number of hydrogen-bond acceptors (Lipinski definition) is 0. The SMILES string of the molecule is CCCCCCCCCCCCCCCCCCn1cc[n+](CCCCCCC)c1CCCCCCCCCC. The van der Waals surface area contributed by atoms with Crippen LogP contribution in [0, 0.1) is 0 Å². The van der Waals surface area contributed by atoms with Gasteiger partial charge in [0.1, 0.15) is 12.4 Å². The normalized spacial score (nSPS) is 11.6. The Bertz CT molecular complexity index is 619. The summed E-state index contributed by atoms with van der Waals surface area (Å²) in [5.41, 5.74) is 0. The lowest BCUT2D eigenvalue weighted by Gasteiger charge is -2.07. The van der Waals surface area contributed by atoms with E-state index in [-0.39, 0.29) is 0 Å². The number of unbranched alkanes of at least 4 members (excludes halogenated alkanes) is 26. The summed E-state index contributed by atoms with van der Waals surface area (Å²) in [6, 6.07) is 0. The number of nitrogens with zero attached hydrogens (tertiary/aromatic N) is 2. The molecule has 0 saturated carbocycles. The maximum atomic E-state index is 2.62. The average Bonchev–Trinajstić information content (AvgIpc) is 3.35. The summed E-state index contributed by atoms with van der Waals surface area (Å²) in [4.78, 5) is 0. The van der Waals surface area contributed by atoms with Gasteiger partial charge in [-0.2, -0.15) is 0 Å². The standard InChI is InChI=1S/C38H75N2/c1-4-7-10-13-15-17-18-19-20-21-22-23-24-26-29-32-35-40-37-36-39(34-31-28-12-9-6-3)38(40)33-30-27-25-16-14-11-8-5-2/h36-37H,4-35H2,1-3H3/q+1. The Morgan fingerprint density at radius 1 is 0.425 bits per heavy atom. The molecule has 0 aliphatic heterocycles. The molecule has 0 saturated heterocycles. The van der Waals surface area contributed by atoms with Crippen molar-refractivity contribution in [1.29, 1.82) is 0 Å². The first-order valence-electron chi connectivity index (χ1n) is 18.9. The molecule has 2 heteroatoms. The molecule has 0 bridgehead atoms. The summed E-state index contributed by atoms with van der Waals surface area (Å²) in [5, 5.41) is 0. The summed E-state index contributed by atoms with van der Waals surface area (Å²) in [7, 11) is 0. The van der Waals surface area contributed by atoms with Crippen molar-refractivity contribution in [3.63, 3.8) is 0 Å². The minimum absolute atomic E-state index is 1.22. The van der Waals surface area contributed by atoms with Gasteiger partial charge in [-0.1, -0.05) is 175 Å². The van der Waals surface area contributed by atoms with Gasteiger partial charge in [-0.3, -0.25) is 0 Å². The van der Waals surface area contributed by atoms with E-state index in [1.54, 1.807) is 5.82 Å². The molecule has 1 aromatic heterocycles. The molecule has 0 amide bonds. The van der Waals surface area contributed by atoms with Crippen LogP contribution in [0.4, 0.5) is 0 Å². The van der Waals surface area contributed by atoms with Crippen molar-refractivity contribution >= 4 is 0 Å². The summed E-state index contributed by atoms with van der Waals surface area (Å²) in [6.07, 6.45) is 47.4. The Kier molecular flexibility index (Phi) is 27.6. The highest BCUT2D eigenvalue weighted by Gasteiger charge is 2.16. The zero-order valence-electron chi connectivity index (χ0n) is 28.2. The molecule has 236 valence electrons. The molecule has 0 fully saturated rings. The Balaban J connectivity index is 2.18. The molecular weight excluding hydrogens is 484 g/mol. The van der Waals surface area contributed by atoms with Crippen LogP contribution in [0.5, 0.6) is 0 Å². The molecule has 0 aromatic carbocycles. The number of hydrogen-bond donors (Lipinski definition) is 0. The van der Waals surface area contributed by atoms with E-state index in [1.807, 2.05) is 0 Å². The van der Waals surface area contributed by atoms with Gasteiger partial charge < -0.3 is 0 Å². The smallest absolute Gasteiger partial charge is 0.234 e. The van der Waals surface area contributed by atoms with Crippen molar-refractivity contribution in [1.82, 2.24) is 4.57 Å². The van der Waals surface area contributed by atoms with Gasteiger partial charge in [0, 0.05) is 6.42 Å². The largest absolute Gasteiger partial charge is 0.256 e. The molecule has 40 heavy (non-hydrogen) atoms. The minimum Gasteiger partial charge on any atom is -0.234 e. The summed E-state index contributed by atoms with van der Waals surface area (Å²) in [6.45, 7) is 9.39. The van der Waals surface area contributed by atoms with Gasteiger partial charge in [0.15, 0.2) is 0 Å². The molecule has 1 aromatic rings. The summed E-state index contributed by atoms with van der Waals surface area (Å²) >= 11 is 0. The zero-order valence-corrected chi connectivity index (χ0v) is 28.2. The fourth-order valence-electron chi connectivity index (χ4n) is 6.33. The third kappa shape index (κ3) is 21.9. The van der Waals surface area contributed by atoms with Gasteiger partial charge in [-0.15, -0.1) is 0 Å². The highest BCUT2D eigenvalue weighted by molar-refractivity contribution is 4.84. The Labute approximate surface area is 253 Å². The Morgan fingerprint density at radius 3 is 1.20 bits per heavy atom. The summed E-state index contributed by atoms with van der Waals surface area (Å²) < 4.78 is 5.23. The van der Waals surface area contributed by atoms with E-state index >= 15 is 0 Å². The van der Waals surface area contributed by atoms with Crippen LogP contribution in [0.1, 0.15) is 213 Å². The van der Waals surface area contributed by atoms with Gasteiger partial charge in [0.05, 0.1) is 13.1 Å². The van der Waals surface area contributed by atoms with E-state index in [2.05, 4.69) is 42.3 Å². The molecular formula is C38H75N2+. The van der Waals surface area contributed by atoms with Crippen LogP contribution in [0.15, 0.2) is 12.4 Å². The molecule has 0 unspecified atom stereocenters. The van der Waals surface area contributed by atoms with Crippen molar-refractivity contribution in [3.05, 3.63) is 18.2 Å². The highest BCUT2D eigenvalue weighted by Crippen LogP contribution is 2.15. The molecule has 0 aliphatic carbocycles. The van der Waals surface area contributed by atoms with E-state index in [9.17, 15) is 0 Å². The molecule has 0 aliphatic rings. The molecule has 0 spiro atoms. The monoisotopic (exact) mass is 560 g/mol. The van der Waals surface area contributed by atoms with E-state index in [0.29, 0.717) is 0 Å². The van der Waals surface area contributed by atoms with Crippen LogP contribution in [-0.4, -0.2) is 4.57 Å². The maximum Gasteiger partial charge on any atom is 0.256 e. The molecule has 2 nitrogen and oxygen atoms in total. The number of rotatable bonds is 32. The lowest BCUT2D eigenvalue weighted by Crippen LogP contribution is -2.37. The first-order valence-corrected chi connectivity index (χ1v) is 18.9. The minimum atomic E-state index is 1.22. The van der Waals surface area contributed by atoms with Crippen LogP contribution in [0.2, 0.25) is 0 Å². The lowest BCUT2D eigenvalue weighted by atomic mass is 10.0. The van der Waals surface area contributed by atoms with Gasteiger partial charge in [-0.05, 0) is 32.1 Å². The van der Waals surface area contributed by atoms with Gasteiger partial charge in [-0.25, -0.2) is 9.13 Å². The molecule has 1 heterocycles. The topological polar surface area (TPSA) is 8.81 Å². The molecule has 0 atom stereocenters. The molecule has 0 radical (unpaired) electrons. The van der Waals surface area contributed by atoms with Gasteiger partial charge in [0.25, 0.3) is 5.82 Å². The fourth-order valence-corrected chi connectivity index (χ4v) is 6.33. The van der Waals surface area contributed by atoms with Crippen molar-refractivity contribution in [2.45, 2.75) is 226 Å². The van der Waals surface area contributed by atoms with Crippen LogP contribution in [0.3, 0.4) is 0 Å². The lowest BCUT2D eigenvalue weighted by molar-refractivity contribution is -0.704. The van der Waals surface area contributed by atoms with Gasteiger partial charge in [0.2, 0.25) is 0 Å². The first-order chi connectivity index (χ1) is 19.8. The van der Waals surface area contributed by atoms with Crippen molar-refractivity contribution in [2.24, 2.45) is 0 Å². The second kappa shape index (κ2) is 29.7. The van der Waals surface area contributed by atoms with E-state index in [4.69, 9.17) is 0 Å². The predicted octanol–water partition coefficient (Wildman–Crippen LogP) is 12.7. The third-order valence-corrected chi connectivity index (χ3v) is 9.10. The maximum absolute atomic E-state index is 2.62. The highest BCUT2D eigenvalue weighted by atomic mass is 15.1. The fraction of sp³-hybridized carbons (Fsp3) is 0.921.